The van der Waals surface area contributed by atoms with Gasteiger partial charge in [0, 0.05) is 23.7 Å². The van der Waals surface area contributed by atoms with Crippen molar-refractivity contribution in [2.45, 2.75) is 71.5 Å². The Hall–Kier alpha value is -4.11. The fraction of sp³-hybridized carbons (Fsp3) is 0.406. The number of hydroxylamine groups is 2. The van der Waals surface area contributed by atoms with Crippen molar-refractivity contribution < 1.29 is 24.0 Å². The highest BCUT2D eigenvalue weighted by molar-refractivity contribution is 6.38. The molecule has 1 aromatic heterocycles. The van der Waals surface area contributed by atoms with E-state index in [1.807, 2.05) is 75.4 Å². The normalized spacial score (nSPS) is 17.9. The first-order valence-electron chi connectivity index (χ1n) is 14.1. The summed E-state index contributed by atoms with van der Waals surface area (Å²) in [6, 6.07) is 16.5. The molecule has 216 valence electrons. The zero-order valence-electron chi connectivity index (χ0n) is 24.1. The van der Waals surface area contributed by atoms with Crippen molar-refractivity contribution in [3.05, 3.63) is 78.0 Å². The molecule has 2 aromatic carbocycles. The average molecular weight is 559 g/mol. The largest absolute Gasteiger partial charge is 0.426 e. The quantitative estimate of drug-likeness (QED) is 0.246. The number of rotatable bonds is 11. The molecule has 2 heterocycles. The highest BCUT2D eigenvalue weighted by atomic mass is 16.7. The first-order chi connectivity index (χ1) is 19.6. The zero-order valence-corrected chi connectivity index (χ0v) is 24.1. The fourth-order valence-electron chi connectivity index (χ4n) is 5.14. The predicted octanol–water partition coefficient (Wildman–Crippen LogP) is 5.16. The Balaban J connectivity index is 1.44. The van der Waals surface area contributed by atoms with Gasteiger partial charge in [-0.1, -0.05) is 82.1 Å². The molecule has 9 nitrogen and oxygen atoms in total. The second kappa shape index (κ2) is 13.0. The number of carbonyl (C=O) groups excluding carboxylic acids is 4. The number of pyridine rings is 1. The fourth-order valence-corrected chi connectivity index (χ4v) is 5.14. The highest BCUT2D eigenvalue weighted by Gasteiger charge is 2.44. The van der Waals surface area contributed by atoms with Crippen LogP contribution in [0.4, 0.5) is 4.79 Å². The van der Waals surface area contributed by atoms with E-state index in [2.05, 4.69) is 15.6 Å². The Morgan fingerprint density at radius 2 is 1.76 bits per heavy atom. The molecular formula is C32H38N4O5. The molecule has 1 saturated heterocycles. The SMILES string of the molecule is CCCCC(NC(=O)ON1CC(C)(C)CC1C(=O)c1cnc2ccccc2c1)C(=O)C(=O)N[C@H](C)c1ccccc1. The van der Waals surface area contributed by atoms with Crippen LogP contribution in [-0.4, -0.2) is 52.2 Å². The van der Waals surface area contributed by atoms with Gasteiger partial charge in [0.15, 0.2) is 5.78 Å². The number of fused-ring (bicyclic) bond motifs is 1. The van der Waals surface area contributed by atoms with Crippen molar-refractivity contribution in [2.75, 3.05) is 6.54 Å². The van der Waals surface area contributed by atoms with Crippen molar-refractivity contribution >= 4 is 34.5 Å². The Labute approximate surface area is 240 Å². The lowest BCUT2D eigenvalue weighted by molar-refractivity contribution is -0.140. The summed E-state index contributed by atoms with van der Waals surface area (Å²) in [6.07, 6.45) is 2.83. The van der Waals surface area contributed by atoms with Gasteiger partial charge < -0.3 is 15.5 Å². The predicted molar refractivity (Wildman–Crippen MR) is 156 cm³/mol. The van der Waals surface area contributed by atoms with Gasteiger partial charge in [-0.3, -0.25) is 19.4 Å². The summed E-state index contributed by atoms with van der Waals surface area (Å²) < 4.78 is 0. The lowest BCUT2D eigenvalue weighted by atomic mass is 9.88. The van der Waals surface area contributed by atoms with Gasteiger partial charge in [0.1, 0.15) is 12.1 Å². The van der Waals surface area contributed by atoms with Gasteiger partial charge in [0.2, 0.25) is 5.78 Å². The van der Waals surface area contributed by atoms with Gasteiger partial charge in [0.25, 0.3) is 5.91 Å². The smallest absolute Gasteiger partial charge is 0.350 e. The third kappa shape index (κ3) is 7.55. The molecule has 2 amide bonds. The average Bonchev–Trinajstić information content (AvgIpc) is 3.27. The van der Waals surface area contributed by atoms with Crippen molar-refractivity contribution in [3.63, 3.8) is 0 Å². The standard InChI is InChI=1S/C32H38N4O5/c1-5-6-15-26(29(38)30(39)34-21(2)22-12-8-7-9-13-22)35-31(40)41-36-20-32(3,4)18-27(36)28(37)24-17-23-14-10-11-16-25(23)33-19-24/h7-14,16-17,19,21,26-27H,5-6,15,18,20H2,1-4H3,(H,34,39)(H,35,40)/t21-,26?,27?/m1/s1. The molecule has 3 atom stereocenters. The lowest BCUT2D eigenvalue weighted by Gasteiger charge is -2.24. The van der Waals surface area contributed by atoms with Crippen LogP contribution in [-0.2, 0) is 14.4 Å². The summed E-state index contributed by atoms with van der Waals surface area (Å²) in [7, 11) is 0. The molecule has 0 bridgehead atoms. The van der Waals surface area contributed by atoms with E-state index in [9.17, 15) is 19.2 Å². The van der Waals surface area contributed by atoms with E-state index in [4.69, 9.17) is 4.84 Å². The van der Waals surface area contributed by atoms with E-state index in [1.54, 1.807) is 19.2 Å². The van der Waals surface area contributed by atoms with Gasteiger partial charge in [-0.2, -0.15) is 0 Å². The van der Waals surface area contributed by atoms with Crippen LogP contribution in [0.5, 0.6) is 0 Å². The van der Waals surface area contributed by atoms with E-state index in [0.29, 0.717) is 24.9 Å². The van der Waals surface area contributed by atoms with Crippen LogP contribution in [0.3, 0.4) is 0 Å². The number of carbonyl (C=O) groups is 4. The number of Topliss-reactive ketones (excluding diaryl/α,β-unsaturated/α-hetero) is 2. The zero-order chi connectivity index (χ0) is 29.6. The van der Waals surface area contributed by atoms with Crippen LogP contribution in [0.2, 0.25) is 0 Å². The number of unbranched alkanes of at least 4 members (excludes halogenated alkanes) is 1. The number of aromatic nitrogens is 1. The van der Waals surface area contributed by atoms with Crippen LogP contribution in [0.1, 0.15) is 75.3 Å². The topological polar surface area (TPSA) is 118 Å². The molecule has 2 unspecified atom stereocenters. The minimum atomic E-state index is -1.06. The molecular weight excluding hydrogens is 520 g/mol. The summed E-state index contributed by atoms with van der Waals surface area (Å²) in [5.41, 5.74) is 1.78. The molecule has 9 heteroatoms. The third-order valence-corrected chi connectivity index (χ3v) is 7.38. The van der Waals surface area contributed by atoms with Crippen LogP contribution < -0.4 is 10.6 Å². The minimum absolute atomic E-state index is 0.200. The summed E-state index contributed by atoms with van der Waals surface area (Å²) >= 11 is 0. The number of amides is 2. The van der Waals surface area contributed by atoms with Crippen molar-refractivity contribution in [1.82, 2.24) is 20.7 Å². The highest BCUT2D eigenvalue weighted by Crippen LogP contribution is 2.36. The second-order valence-electron chi connectivity index (χ2n) is 11.4. The first-order valence-corrected chi connectivity index (χ1v) is 14.1. The van der Waals surface area contributed by atoms with Crippen molar-refractivity contribution in [1.29, 1.82) is 0 Å². The first kappa shape index (κ1) is 29.9. The van der Waals surface area contributed by atoms with E-state index in [-0.39, 0.29) is 23.7 Å². The number of hydrogen-bond donors (Lipinski definition) is 2. The van der Waals surface area contributed by atoms with Gasteiger partial charge in [-0.05, 0) is 42.9 Å². The summed E-state index contributed by atoms with van der Waals surface area (Å²) in [5.74, 6) is -1.72. The van der Waals surface area contributed by atoms with E-state index >= 15 is 0 Å². The number of hydrogen-bond acceptors (Lipinski definition) is 7. The lowest BCUT2D eigenvalue weighted by Crippen LogP contribution is -2.50. The molecule has 4 rings (SSSR count). The van der Waals surface area contributed by atoms with Gasteiger partial charge in [-0.15, -0.1) is 5.06 Å². The van der Waals surface area contributed by atoms with Crippen molar-refractivity contribution in [2.24, 2.45) is 5.41 Å². The Bertz CT molecular complexity index is 1410. The van der Waals surface area contributed by atoms with Crippen LogP contribution in [0.15, 0.2) is 66.9 Å². The number of para-hydroxylation sites is 1. The molecule has 0 radical (unpaired) electrons. The maximum Gasteiger partial charge on any atom is 0.426 e. The number of nitrogens with one attached hydrogen (secondary N) is 2. The molecule has 41 heavy (non-hydrogen) atoms. The maximum absolute atomic E-state index is 13.6. The van der Waals surface area contributed by atoms with Crippen LogP contribution >= 0.6 is 0 Å². The summed E-state index contributed by atoms with van der Waals surface area (Å²) in [4.78, 5) is 62.6. The third-order valence-electron chi connectivity index (χ3n) is 7.38. The maximum atomic E-state index is 13.6. The summed E-state index contributed by atoms with van der Waals surface area (Å²) in [6.45, 7) is 8.08. The molecule has 1 fully saturated rings. The molecule has 0 spiro atoms. The van der Waals surface area contributed by atoms with Gasteiger partial charge >= 0.3 is 6.09 Å². The minimum Gasteiger partial charge on any atom is -0.350 e. The molecule has 1 aliphatic heterocycles. The Morgan fingerprint density at radius 3 is 2.49 bits per heavy atom. The number of benzene rings is 2. The second-order valence-corrected chi connectivity index (χ2v) is 11.4. The molecule has 0 saturated carbocycles. The van der Waals surface area contributed by atoms with Crippen LogP contribution in [0.25, 0.3) is 10.9 Å². The Kier molecular flexibility index (Phi) is 9.50. The molecule has 1 aliphatic rings. The summed E-state index contributed by atoms with van der Waals surface area (Å²) in [5, 5.41) is 7.53. The van der Waals surface area contributed by atoms with E-state index < -0.39 is 29.9 Å². The molecule has 0 aliphatic carbocycles. The molecule has 3 aromatic rings. The van der Waals surface area contributed by atoms with Crippen molar-refractivity contribution in [3.8, 4) is 0 Å². The van der Waals surface area contributed by atoms with Crippen LogP contribution in [0, 0.1) is 5.41 Å². The monoisotopic (exact) mass is 558 g/mol. The van der Waals surface area contributed by atoms with Gasteiger partial charge in [-0.25, -0.2) is 4.79 Å². The Morgan fingerprint density at radius 1 is 1.05 bits per heavy atom. The van der Waals surface area contributed by atoms with Gasteiger partial charge in [0.05, 0.1) is 11.6 Å². The number of nitrogens with zero attached hydrogens (tertiary/aromatic N) is 2. The van der Waals surface area contributed by atoms with E-state index in [0.717, 1.165) is 22.9 Å². The number of ketones is 2. The van der Waals surface area contributed by atoms with E-state index in [1.165, 1.54) is 5.06 Å². The molecule has 2 N–H and O–H groups in total.